The van der Waals surface area contributed by atoms with Crippen LogP contribution in [-0.2, 0) is 6.54 Å². The van der Waals surface area contributed by atoms with Gasteiger partial charge in [0.1, 0.15) is 5.82 Å². The van der Waals surface area contributed by atoms with E-state index >= 15 is 0 Å². The quantitative estimate of drug-likeness (QED) is 0.392. The summed E-state index contributed by atoms with van der Waals surface area (Å²) in [4.78, 5) is 29.3. The molecule has 168 valence electrons. The largest absolute Gasteiger partial charge is 0.419 e. The molecule has 1 aromatic heterocycles. The van der Waals surface area contributed by atoms with Gasteiger partial charge in [-0.2, -0.15) is 0 Å². The van der Waals surface area contributed by atoms with Gasteiger partial charge >= 0.3 is 5.76 Å². The Bertz CT molecular complexity index is 1170. The Morgan fingerprint density at radius 2 is 1.78 bits per heavy atom. The average molecular weight is 438 g/mol. The minimum atomic E-state index is -0.403. The number of aromatic nitrogens is 1. The van der Waals surface area contributed by atoms with Crippen LogP contribution < -0.4 is 10.7 Å². The van der Waals surface area contributed by atoms with E-state index in [9.17, 15) is 14.0 Å². The molecule has 4 rings (SSSR count). The maximum Gasteiger partial charge on any atom is 0.419 e. The van der Waals surface area contributed by atoms with Crippen molar-refractivity contribution in [1.82, 2.24) is 9.47 Å². The highest BCUT2D eigenvalue weighted by atomic mass is 19.1. The van der Waals surface area contributed by atoms with Gasteiger partial charge in [0.15, 0.2) is 11.4 Å². The third-order valence-corrected chi connectivity index (χ3v) is 6.10. The molecule has 0 radical (unpaired) electrons. The minimum Gasteiger partial charge on any atom is -0.408 e. The SMILES string of the molecule is C=C(CC)C(=O)c1ccc2c(c1)oc(=O)n2CCCN1CCN(c2ccc(F)cc2)CC1. The molecule has 1 fully saturated rings. The molecular formula is C25H28FN3O3. The van der Waals surface area contributed by atoms with E-state index in [0.29, 0.717) is 35.2 Å². The van der Waals surface area contributed by atoms with Crippen LogP contribution in [0.4, 0.5) is 10.1 Å². The number of fused-ring (bicyclic) bond motifs is 1. The monoisotopic (exact) mass is 437 g/mol. The zero-order chi connectivity index (χ0) is 22.7. The molecule has 0 atom stereocenters. The van der Waals surface area contributed by atoms with Crippen molar-refractivity contribution in [2.75, 3.05) is 37.6 Å². The van der Waals surface area contributed by atoms with Crippen molar-refractivity contribution in [3.8, 4) is 0 Å². The summed E-state index contributed by atoms with van der Waals surface area (Å²) in [6.45, 7) is 10.7. The highest BCUT2D eigenvalue weighted by Gasteiger charge is 2.18. The van der Waals surface area contributed by atoms with Crippen LogP contribution in [0.3, 0.4) is 0 Å². The third kappa shape index (κ3) is 4.67. The maximum absolute atomic E-state index is 13.1. The number of piperazine rings is 1. The Morgan fingerprint density at radius 3 is 2.47 bits per heavy atom. The number of anilines is 1. The molecular weight excluding hydrogens is 409 g/mol. The number of ketones is 1. The van der Waals surface area contributed by atoms with Crippen molar-refractivity contribution in [3.05, 3.63) is 76.5 Å². The molecule has 2 aromatic carbocycles. The van der Waals surface area contributed by atoms with Crippen molar-refractivity contribution in [3.63, 3.8) is 0 Å². The third-order valence-electron chi connectivity index (χ3n) is 6.10. The molecule has 6 nitrogen and oxygen atoms in total. The highest BCUT2D eigenvalue weighted by molar-refractivity contribution is 6.09. The summed E-state index contributed by atoms with van der Waals surface area (Å²) >= 11 is 0. The standard InChI is InChI=1S/C25H28FN3O3/c1-3-18(2)24(30)19-5-10-22-23(17-19)32-25(31)29(22)12-4-11-27-13-15-28(16-14-27)21-8-6-20(26)7-9-21/h5-10,17H,2-4,11-16H2,1H3. The Labute approximate surface area is 186 Å². The molecule has 1 saturated heterocycles. The number of nitrogens with zero attached hydrogens (tertiary/aromatic N) is 3. The molecule has 0 unspecified atom stereocenters. The second-order valence-corrected chi connectivity index (χ2v) is 8.15. The fraction of sp³-hybridized carbons (Fsp3) is 0.360. The van der Waals surface area contributed by atoms with Crippen LogP contribution in [0.5, 0.6) is 0 Å². The average Bonchev–Trinajstić information content (AvgIpc) is 3.13. The second-order valence-electron chi connectivity index (χ2n) is 8.15. The van der Waals surface area contributed by atoms with Gasteiger partial charge in [0.2, 0.25) is 0 Å². The first-order valence-electron chi connectivity index (χ1n) is 11.0. The summed E-state index contributed by atoms with van der Waals surface area (Å²) in [7, 11) is 0. The van der Waals surface area contributed by atoms with Crippen molar-refractivity contribution >= 4 is 22.6 Å². The number of carbonyl (C=O) groups is 1. The molecule has 1 aliphatic rings. The van der Waals surface area contributed by atoms with Crippen LogP contribution in [0.25, 0.3) is 11.1 Å². The highest BCUT2D eigenvalue weighted by Crippen LogP contribution is 2.19. The molecule has 0 bridgehead atoms. The van der Waals surface area contributed by atoms with E-state index in [1.54, 1.807) is 22.8 Å². The van der Waals surface area contributed by atoms with Crippen LogP contribution in [-0.4, -0.2) is 48.0 Å². The summed E-state index contributed by atoms with van der Waals surface area (Å²) in [5.74, 6) is -0.742. The lowest BCUT2D eigenvalue weighted by Gasteiger charge is -2.36. The lowest BCUT2D eigenvalue weighted by Crippen LogP contribution is -2.46. The first kappa shape index (κ1) is 22.0. The number of benzene rings is 2. The Hall–Kier alpha value is -3.19. The molecule has 0 saturated carbocycles. The number of hydrogen-bond acceptors (Lipinski definition) is 5. The molecule has 32 heavy (non-hydrogen) atoms. The van der Waals surface area contributed by atoms with Crippen molar-refractivity contribution in [1.29, 1.82) is 0 Å². The number of rotatable bonds is 8. The lowest BCUT2D eigenvalue weighted by atomic mass is 10.0. The van der Waals surface area contributed by atoms with E-state index in [2.05, 4.69) is 16.4 Å². The number of allylic oxidation sites excluding steroid dienone is 1. The van der Waals surface area contributed by atoms with E-state index in [-0.39, 0.29) is 11.6 Å². The zero-order valence-corrected chi connectivity index (χ0v) is 18.3. The molecule has 1 aliphatic heterocycles. The molecule has 2 heterocycles. The van der Waals surface area contributed by atoms with Crippen LogP contribution in [0.1, 0.15) is 30.1 Å². The van der Waals surface area contributed by atoms with E-state index in [4.69, 9.17) is 4.42 Å². The molecule has 0 N–H and O–H groups in total. The van der Waals surface area contributed by atoms with Crippen LogP contribution in [0.2, 0.25) is 0 Å². The summed E-state index contributed by atoms with van der Waals surface area (Å²) < 4.78 is 20.2. The zero-order valence-electron chi connectivity index (χ0n) is 18.3. The van der Waals surface area contributed by atoms with E-state index < -0.39 is 5.76 Å². The van der Waals surface area contributed by atoms with Gasteiger partial charge in [-0.05, 0) is 67.4 Å². The predicted molar refractivity (Wildman–Crippen MR) is 124 cm³/mol. The minimum absolute atomic E-state index is 0.121. The smallest absolute Gasteiger partial charge is 0.408 e. The Morgan fingerprint density at radius 1 is 1.06 bits per heavy atom. The van der Waals surface area contributed by atoms with E-state index in [0.717, 1.165) is 44.8 Å². The van der Waals surface area contributed by atoms with Crippen LogP contribution in [0, 0.1) is 5.82 Å². The van der Waals surface area contributed by atoms with Crippen molar-refractivity contribution in [2.45, 2.75) is 26.3 Å². The lowest BCUT2D eigenvalue weighted by molar-refractivity contribution is 0.103. The fourth-order valence-electron chi connectivity index (χ4n) is 4.12. The van der Waals surface area contributed by atoms with E-state index in [1.165, 1.54) is 12.1 Å². The molecule has 3 aromatic rings. The summed E-state index contributed by atoms with van der Waals surface area (Å²) in [6, 6.07) is 11.8. The number of carbonyl (C=O) groups excluding carboxylic acids is 1. The predicted octanol–water partition coefficient (Wildman–Crippen LogP) is 4.09. The molecule has 0 spiro atoms. The fourth-order valence-corrected chi connectivity index (χ4v) is 4.12. The van der Waals surface area contributed by atoms with Gasteiger partial charge < -0.3 is 9.32 Å². The Balaban J connectivity index is 1.33. The van der Waals surface area contributed by atoms with Gasteiger partial charge in [-0.15, -0.1) is 0 Å². The number of Topliss-reactive ketones (excluding diaryl/α,β-unsaturated/α-hetero) is 1. The first-order chi connectivity index (χ1) is 15.5. The van der Waals surface area contributed by atoms with Gasteiger partial charge in [0.25, 0.3) is 0 Å². The van der Waals surface area contributed by atoms with Crippen LogP contribution >= 0.6 is 0 Å². The first-order valence-corrected chi connectivity index (χ1v) is 11.0. The van der Waals surface area contributed by atoms with Gasteiger partial charge in [0.05, 0.1) is 5.52 Å². The van der Waals surface area contributed by atoms with Crippen molar-refractivity contribution < 1.29 is 13.6 Å². The number of halogens is 1. The van der Waals surface area contributed by atoms with Gasteiger partial charge in [-0.1, -0.05) is 13.5 Å². The van der Waals surface area contributed by atoms with Crippen LogP contribution in [0.15, 0.2) is 63.8 Å². The number of oxazole rings is 1. The topological polar surface area (TPSA) is 58.7 Å². The van der Waals surface area contributed by atoms with Gasteiger partial charge in [-0.3, -0.25) is 14.3 Å². The maximum atomic E-state index is 13.1. The summed E-state index contributed by atoms with van der Waals surface area (Å²) in [5.41, 5.74) is 3.20. The second kappa shape index (κ2) is 9.53. The van der Waals surface area contributed by atoms with Gasteiger partial charge in [0, 0.05) is 44.0 Å². The van der Waals surface area contributed by atoms with E-state index in [1.807, 2.05) is 19.1 Å². The molecule has 7 heteroatoms. The molecule has 0 aliphatic carbocycles. The number of aryl methyl sites for hydroxylation is 1. The molecule has 0 amide bonds. The van der Waals surface area contributed by atoms with Crippen molar-refractivity contribution in [2.24, 2.45) is 0 Å². The number of hydrogen-bond donors (Lipinski definition) is 0. The normalized spacial score (nSPS) is 14.8. The summed E-state index contributed by atoms with van der Waals surface area (Å²) in [5, 5.41) is 0. The van der Waals surface area contributed by atoms with Gasteiger partial charge in [-0.25, -0.2) is 9.18 Å². The summed E-state index contributed by atoms with van der Waals surface area (Å²) in [6.07, 6.45) is 1.40. The Kier molecular flexibility index (Phi) is 6.55.